The molecule has 0 bridgehead atoms. The molecule has 2 heterocycles. The van der Waals surface area contributed by atoms with E-state index in [9.17, 15) is 18.0 Å². The van der Waals surface area contributed by atoms with Crippen LogP contribution in [0.15, 0.2) is 77.8 Å². The van der Waals surface area contributed by atoms with Crippen molar-refractivity contribution in [3.05, 3.63) is 100 Å². The van der Waals surface area contributed by atoms with Gasteiger partial charge < -0.3 is 9.84 Å². The van der Waals surface area contributed by atoms with Crippen LogP contribution in [0.4, 0.5) is 18.9 Å². The zero-order valence-electron chi connectivity index (χ0n) is 21.0. The van der Waals surface area contributed by atoms with Gasteiger partial charge in [0, 0.05) is 23.8 Å². The van der Waals surface area contributed by atoms with Gasteiger partial charge in [0.05, 0.1) is 28.2 Å². The number of ether oxygens (including phenoxy) is 1. The van der Waals surface area contributed by atoms with Gasteiger partial charge in [-0.05, 0) is 49.1 Å². The fourth-order valence-corrected chi connectivity index (χ4v) is 5.67. The Kier molecular flexibility index (Phi) is 7.52. The quantitative estimate of drug-likeness (QED) is 0.229. The van der Waals surface area contributed by atoms with E-state index in [0.717, 1.165) is 40.3 Å². The first-order chi connectivity index (χ1) is 18.7. The highest BCUT2D eigenvalue weighted by Gasteiger charge is 2.30. The summed E-state index contributed by atoms with van der Waals surface area (Å²) in [7, 11) is 0. The van der Waals surface area contributed by atoms with E-state index in [1.54, 1.807) is 18.3 Å². The van der Waals surface area contributed by atoms with Crippen LogP contribution in [0, 0.1) is 0 Å². The number of fused-ring (bicyclic) bond motifs is 1. The summed E-state index contributed by atoms with van der Waals surface area (Å²) in [6.07, 6.45) is -1.75. The molecule has 1 unspecified atom stereocenters. The smallest absolute Gasteiger partial charge is 0.416 e. The van der Waals surface area contributed by atoms with Crippen molar-refractivity contribution in [1.29, 1.82) is 0 Å². The number of benzene rings is 3. The Labute approximate surface area is 227 Å². The Hall–Kier alpha value is -3.98. The predicted molar refractivity (Wildman–Crippen MR) is 145 cm³/mol. The fraction of sp³-hybridized carbons (Fsp3) is 0.233. The van der Waals surface area contributed by atoms with Crippen LogP contribution in [0.5, 0.6) is 5.75 Å². The van der Waals surface area contributed by atoms with E-state index < -0.39 is 17.7 Å². The molecule has 0 fully saturated rings. The maximum Gasteiger partial charge on any atom is 0.416 e. The summed E-state index contributed by atoms with van der Waals surface area (Å²) < 4.78 is 45.5. The number of hydrogen-bond acceptors (Lipinski definition) is 5. The summed E-state index contributed by atoms with van der Waals surface area (Å²) in [6, 6.07) is 20.5. The number of carbonyl (C=O) groups is 1. The summed E-state index contributed by atoms with van der Waals surface area (Å²) in [5.74, 6) is -0.556. The largest absolute Gasteiger partial charge is 0.485 e. The Morgan fingerprint density at radius 3 is 2.49 bits per heavy atom. The van der Waals surface area contributed by atoms with E-state index in [0.29, 0.717) is 28.4 Å². The predicted octanol–water partition coefficient (Wildman–Crippen LogP) is 8.03. The van der Waals surface area contributed by atoms with E-state index in [1.165, 1.54) is 23.5 Å². The van der Waals surface area contributed by atoms with Gasteiger partial charge in [-0.3, -0.25) is 9.79 Å². The lowest BCUT2D eigenvalue weighted by Crippen LogP contribution is -2.06. The van der Waals surface area contributed by atoms with Crippen molar-refractivity contribution >= 4 is 29.2 Å². The summed E-state index contributed by atoms with van der Waals surface area (Å²) >= 11 is 1.41. The topological polar surface area (TPSA) is 71.8 Å². The van der Waals surface area contributed by atoms with Gasteiger partial charge in [-0.15, -0.1) is 11.3 Å². The van der Waals surface area contributed by atoms with Gasteiger partial charge >= 0.3 is 12.1 Å². The Morgan fingerprint density at radius 1 is 1.05 bits per heavy atom. The van der Waals surface area contributed by atoms with Crippen molar-refractivity contribution in [2.45, 2.75) is 44.4 Å². The number of aromatic nitrogens is 1. The number of thiazole rings is 1. The molecule has 1 aliphatic heterocycles. The average molecular weight is 551 g/mol. The minimum atomic E-state index is -4.40. The van der Waals surface area contributed by atoms with Gasteiger partial charge in [0.2, 0.25) is 0 Å². The highest BCUT2D eigenvalue weighted by Crippen LogP contribution is 2.40. The molecule has 1 aliphatic rings. The van der Waals surface area contributed by atoms with Gasteiger partial charge in [-0.25, -0.2) is 4.98 Å². The summed E-state index contributed by atoms with van der Waals surface area (Å²) in [5, 5.41) is 9.77. The normalized spacial score (nSPS) is 15.2. The van der Waals surface area contributed by atoms with Crippen molar-refractivity contribution in [3.8, 4) is 16.3 Å². The molecule has 1 N–H and O–H groups in total. The molecule has 0 saturated carbocycles. The molecule has 3 aromatic carbocycles. The lowest BCUT2D eigenvalue weighted by molar-refractivity contribution is -0.138. The molecule has 0 saturated heterocycles. The second kappa shape index (κ2) is 11.0. The van der Waals surface area contributed by atoms with Crippen LogP contribution in [-0.4, -0.2) is 22.3 Å². The molecule has 4 aromatic rings. The van der Waals surface area contributed by atoms with E-state index in [1.807, 2.05) is 43.3 Å². The minimum absolute atomic E-state index is 0.0223. The molecular weight excluding hydrogens is 525 g/mol. The molecule has 0 radical (unpaired) electrons. The van der Waals surface area contributed by atoms with Gasteiger partial charge in [-0.1, -0.05) is 48.5 Å². The van der Waals surface area contributed by atoms with Gasteiger partial charge in [0.25, 0.3) is 0 Å². The standard InChI is InChI=1S/C30H25F3N2O3S/c1-18(38-23-12-13-24-21(15-27(36)37)17-34-26(24)16-23)28-25(14-7-19-5-3-2-4-6-19)35-29(39-28)20-8-10-22(11-9-20)30(31,32)33/h2-6,8-13,16-18,21H,7,14-15H2,1H3,(H,36,37)/t18-,21?/m1/s1. The molecule has 5 nitrogen and oxygen atoms in total. The number of rotatable bonds is 9. The van der Waals surface area contributed by atoms with Crippen LogP contribution >= 0.6 is 11.3 Å². The number of aliphatic imine (C=N–C) groups is 1. The zero-order valence-corrected chi connectivity index (χ0v) is 21.8. The summed E-state index contributed by atoms with van der Waals surface area (Å²) in [6.45, 7) is 1.92. The third-order valence-corrected chi connectivity index (χ3v) is 7.86. The third-order valence-electron chi connectivity index (χ3n) is 6.55. The number of hydrogen-bond donors (Lipinski definition) is 1. The Bertz CT molecular complexity index is 1500. The number of aryl methyl sites for hydroxylation is 2. The highest BCUT2D eigenvalue weighted by molar-refractivity contribution is 7.15. The second-order valence-electron chi connectivity index (χ2n) is 9.35. The van der Waals surface area contributed by atoms with Crippen LogP contribution in [0.25, 0.3) is 10.6 Å². The van der Waals surface area contributed by atoms with Crippen LogP contribution in [-0.2, 0) is 23.8 Å². The monoisotopic (exact) mass is 550 g/mol. The van der Waals surface area contributed by atoms with Crippen molar-refractivity contribution in [2.24, 2.45) is 4.99 Å². The Balaban J connectivity index is 1.40. The van der Waals surface area contributed by atoms with E-state index in [2.05, 4.69) is 4.99 Å². The molecule has 1 aromatic heterocycles. The van der Waals surface area contributed by atoms with Gasteiger partial charge in [-0.2, -0.15) is 13.2 Å². The van der Waals surface area contributed by atoms with E-state index in [4.69, 9.17) is 14.8 Å². The number of carboxylic acid groups (broad SMARTS) is 1. The summed E-state index contributed by atoms with van der Waals surface area (Å²) in [5.41, 5.74) is 3.45. The lowest BCUT2D eigenvalue weighted by Gasteiger charge is -2.16. The number of halogens is 3. The lowest BCUT2D eigenvalue weighted by atomic mass is 9.98. The van der Waals surface area contributed by atoms with Crippen LogP contribution < -0.4 is 4.74 Å². The van der Waals surface area contributed by atoms with Gasteiger partial charge in [0.15, 0.2) is 0 Å². The zero-order chi connectivity index (χ0) is 27.6. The first kappa shape index (κ1) is 26.6. The fourth-order valence-electron chi connectivity index (χ4n) is 4.57. The van der Waals surface area contributed by atoms with E-state index in [-0.39, 0.29) is 18.4 Å². The molecule has 0 amide bonds. The second-order valence-corrected chi connectivity index (χ2v) is 10.4. The average Bonchev–Trinajstić information content (AvgIpc) is 3.51. The number of nitrogens with zero attached hydrogens (tertiary/aromatic N) is 2. The highest BCUT2D eigenvalue weighted by atomic mass is 32.1. The van der Waals surface area contributed by atoms with Crippen molar-refractivity contribution in [2.75, 3.05) is 0 Å². The van der Waals surface area contributed by atoms with Crippen molar-refractivity contribution in [1.82, 2.24) is 4.98 Å². The molecule has 0 aliphatic carbocycles. The van der Waals surface area contributed by atoms with Crippen molar-refractivity contribution in [3.63, 3.8) is 0 Å². The molecular formula is C30H25F3N2O3S. The maximum atomic E-state index is 13.1. The van der Waals surface area contributed by atoms with E-state index >= 15 is 0 Å². The third kappa shape index (κ3) is 6.20. The van der Waals surface area contributed by atoms with Gasteiger partial charge in [0.1, 0.15) is 16.9 Å². The first-order valence-corrected chi connectivity index (χ1v) is 13.3. The molecule has 200 valence electrons. The molecule has 2 atom stereocenters. The number of carboxylic acids is 1. The molecule has 5 rings (SSSR count). The maximum absolute atomic E-state index is 13.1. The SMILES string of the molecule is C[C@@H](Oc1ccc2c(c1)N=CC2CC(=O)O)c1sc(-c2ccc(C(F)(F)F)cc2)nc1CCc1ccccc1. The number of alkyl halides is 3. The molecule has 39 heavy (non-hydrogen) atoms. The first-order valence-electron chi connectivity index (χ1n) is 12.4. The van der Waals surface area contributed by atoms with Crippen LogP contribution in [0.2, 0.25) is 0 Å². The summed E-state index contributed by atoms with van der Waals surface area (Å²) in [4.78, 5) is 21.2. The van der Waals surface area contributed by atoms with Crippen LogP contribution in [0.3, 0.4) is 0 Å². The van der Waals surface area contributed by atoms with Crippen molar-refractivity contribution < 1.29 is 27.8 Å². The minimum Gasteiger partial charge on any atom is -0.485 e. The molecule has 0 spiro atoms. The Morgan fingerprint density at radius 2 is 1.79 bits per heavy atom. The van der Waals surface area contributed by atoms with Crippen LogP contribution in [0.1, 0.15) is 52.6 Å². The molecule has 9 heteroatoms. The number of aliphatic carboxylic acids is 1.